The van der Waals surface area contributed by atoms with Gasteiger partial charge in [-0.3, -0.25) is 0 Å². The molecule has 122 valence electrons. The van der Waals surface area contributed by atoms with Crippen LogP contribution in [0.15, 0.2) is 54.6 Å². The summed E-state index contributed by atoms with van der Waals surface area (Å²) in [5.74, 6) is 1.78. The first-order chi connectivity index (χ1) is 11.4. The van der Waals surface area contributed by atoms with Crippen LogP contribution in [0.4, 0.5) is 0 Å². The first kappa shape index (κ1) is 16.0. The molecule has 3 nitrogen and oxygen atoms in total. The van der Waals surface area contributed by atoms with E-state index in [4.69, 9.17) is 4.74 Å². The molecule has 0 amide bonds. The van der Waals surface area contributed by atoms with Crippen molar-refractivity contribution in [1.82, 2.24) is 10.6 Å². The lowest BCUT2D eigenvalue weighted by atomic mass is 9.98. The van der Waals surface area contributed by atoms with Crippen LogP contribution in [0.3, 0.4) is 0 Å². The Labute approximate surface area is 139 Å². The Kier molecular flexibility index (Phi) is 6.07. The average Bonchev–Trinajstić information content (AvgIpc) is 2.63. The van der Waals surface area contributed by atoms with E-state index in [1.807, 2.05) is 24.3 Å². The van der Waals surface area contributed by atoms with Gasteiger partial charge in [0, 0.05) is 12.1 Å². The number of hydrogen-bond donors (Lipinski definition) is 2. The Morgan fingerprint density at radius 3 is 2.52 bits per heavy atom. The molecule has 0 spiro atoms. The van der Waals surface area contributed by atoms with Gasteiger partial charge < -0.3 is 15.4 Å². The molecule has 0 aliphatic carbocycles. The van der Waals surface area contributed by atoms with E-state index in [-0.39, 0.29) is 0 Å². The number of ether oxygens (including phenoxy) is 1. The van der Waals surface area contributed by atoms with Gasteiger partial charge in [0.1, 0.15) is 12.4 Å². The molecule has 2 N–H and O–H groups in total. The lowest BCUT2D eigenvalue weighted by molar-refractivity contribution is 0.301. The maximum atomic E-state index is 6.02. The summed E-state index contributed by atoms with van der Waals surface area (Å²) in [6.07, 6.45) is 2.55. The fourth-order valence-electron chi connectivity index (χ4n) is 3.02. The van der Waals surface area contributed by atoms with E-state index >= 15 is 0 Å². The highest BCUT2D eigenvalue weighted by atomic mass is 16.5. The van der Waals surface area contributed by atoms with Crippen molar-refractivity contribution in [2.24, 2.45) is 5.92 Å². The number of benzene rings is 2. The fraction of sp³-hybridized carbons (Fsp3) is 0.400. The molecule has 0 bridgehead atoms. The van der Waals surface area contributed by atoms with Gasteiger partial charge in [-0.15, -0.1) is 0 Å². The standard InChI is InChI=1S/C20H26N2O/c1-2-6-18(7-3-1)16-23-20-9-5-4-8-19(20)15-22-14-17-10-12-21-13-11-17/h1-9,17,21-22H,10-16H2. The van der Waals surface area contributed by atoms with Gasteiger partial charge in [0.2, 0.25) is 0 Å². The smallest absolute Gasteiger partial charge is 0.124 e. The molecular weight excluding hydrogens is 284 g/mol. The normalized spacial score (nSPS) is 15.5. The number of para-hydroxylation sites is 1. The van der Waals surface area contributed by atoms with Gasteiger partial charge in [-0.05, 0) is 50.0 Å². The van der Waals surface area contributed by atoms with Gasteiger partial charge in [0.05, 0.1) is 0 Å². The van der Waals surface area contributed by atoms with Crippen LogP contribution in [-0.2, 0) is 13.2 Å². The molecule has 2 aromatic rings. The molecule has 0 radical (unpaired) electrons. The van der Waals surface area contributed by atoms with Gasteiger partial charge in [-0.25, -0.2) is 0 Å². The molecule has 0 atom stereocenters. The van der Waals surface area contributed by atoms with Crippen molar-refractivity contribution in [3.8, 4) is 5.75 Å². The highest BCUT2D eigenvalue weighted by Gasteiger charge is 2.12. The van der Waals surface area contributed by atoms with Crippen LogP contribution in [-0.4, -0.2) is 19.6 Å². The summed E-state index contributed by atoms with van der Waals surface area (Å²) in [4.78, 5) is 0. The molecule has 0 unspecified atom stereocenters. The van der Waals surface area contributed by atoms with Crippen LogP contribution in [0.5, 0.6) is 5.75 Å². The predicted octanol–water partition coefficient (Wildman–Crippen LogP) is 3.35. The Morgan fingerprint density at radius 2 is 1.70 bits per heavy atom. The minimum Gasteiger partial charge on any atom is -0.489 e. The first-order valence-corrected chi connectivity index (χ1v) is 8.58. The third kappa shape index (κ3) is 5.08. The zero-order valence-electron chi connectivity index (χ0n) is 13.6. The SMILES string of the molecule is c1ccc(COc2ccccc2CNCC2CCNCC2)cc1. The zero-order chi connectivity index (χ0) is 15.7. The molecule has 1 aliphatic rings. The highest BCUT2D eigenvalue weighted by Crippen LogP contribution is 2.19. The van der Waals surface area contributed by atoms with Gasteiger partial charge in [0.15, 0.2) is 0 Å². The predicted molar refractivity (Wildman–Crippen MR) is 94.5 cm³/mol. The Hall–Kier alpha value is -1.84. The zero-order valence-corrected chi connectivity index (χ0v) is 13.6. The van der Waals surface area contributed by atoms with Crippen molar-refractivity contribution in [3.05, 3.63) is 65.7 Å². The second-order valence-electron chi connectivity index (χ2n) is 6.21. The van der Waals surface area contributed by atoms with Gasteiger partial charge in [-0.2, -0.15) is 0 Å². The van der Waals surface area contributed by atoms with E-state index in [1.54, 1.807) is 0 Å². The molecule has 0 saturated carbocycles. The van der Waals surface area contributed by atoms with E-state index in [1.165, 1.54) is 24.0 Å². The molecule has 23 heavy (non-hydrogen) atoms. The van der Waals surface area contributed by atoms with Crippen LogP contribution in [0.2, 0.25) is 0 Å². The first-order valence-electron chi connectivity index (χ1n) is 8.58. The minimum atomic E-state index is 0.617. The van der Waals surface area contributed by atoms with Gasteiger partial charge in [0.25, 0.3) is 0 Å². The van der Waals surface area contributed by atoms with Crippen LogP contribution >= 0.6 is 0 Å². The number of nitrogens with one attached hydrogen (secondary N) is 2. The van der Waals surface area contributed by atoms with E-state index in [0.29, 0.717) is 6.61 Å². The largest absolute Gasteiger partial charge is 0.489 e. The van der Waals surface area contributed by atoms with Crippen LogP contribution in [0, 0.1) is 5.92 Å². The summed E-state index contributed by atoms with van der Waals surface area (Å²) in [7, 11) is 0. The maximum Gasteiger partial charge on any atom is 0.124 e. The van der Waals surface area contributed by atoms with Crippen molar-refractivity contribution in [1.29, 1.82) is 0 Å². The quantitative estimate of drug-likeness (QED) is 0.823. The number of piperidine rings is 1. The third-order valence-corrected chi connectivity index (χ3v) is 4.42. The van der Waals surface area contributed by atoms with E-state index in [9.17, 15) is 0 Å². The average molecular weight is 310 g/mol. The minimum absolute atomic E-state index is 0.617. The Bertz CT molecular complexity index is 579. The molecule has 1 heterocycles. The molecular formula is C20H26N2O. The molecule has 1 aliphatic heterocycles. The number of rotatable bonds is 7. The maximum absolute atomic E-state index is 6.02. The van der Waals surface area contributed by atoms with E-state index < -0.39 is 0 Å². The van der Waals surface area contributed by atoms with Crippen LogP contribution < -0.4 is 15.4 Å². The third-order valence-electron chi connectivity index (χ3n) is 4.42. The van der Waals surface area contributed by atoms with Gasteiger partial charge in [-0.1, -0.05) is 48.5 Å². The van der Waals surface area contributed by atoms with Crippen LogP contribution in [0.1, 0.15) is 24.0 Å². The van der Waals surface area contributed by atoms with Crippen molar-refractivity contribution < 1.29 is 4.74 Å². The Morgan fingerprint density at radius 1 is 0.957 bits per heavy atom. The van der Waals surface area contributed by atoms with Crippen molar-refractivity contribution in [2.75, 3.05) is 19.6 Å². The molecule has 3 heteroatoms. The summed E-state index contributed by atoms with van der Waals surface area (Å²) < 4.78 is 6.02. The van der Waals surface area contributed by atoms with Crippen molar-refractivity contribution in [3.63, 3.8) is 0 Å². The van der Waals surface area contributed by atoms with E-state index in [2.05, 4.69) is 41.0 Å². The van der Waals surface area contributed by atoms with Crippen molar-refractivity contribution in [2.45, 2.75) is 26.0 Å². The van der Waals surface area contributed by atoms with Crippen LogP contribution in [0.25, 0.3) is 0 Å². The molecule has 1 saturated heterocycles. The van der Waals surface area contributed by atoms with Gasteiger partial charge >= 0.3 is 0 Å². The van der Waals surface area contributed by atoms with E-state index in [0.717, 1.165) is 37.8 Å². The number of hydrogen-bond acceptors (Lipinski definition) is 3. The lowest BCUT2D eigenvalue weighted by Gasteiger charge is -2.23. The topological polar surface area (TPSA) is 33.3 Å². The second kappa shape index (κ2) is 8.70. The summed E-state index contributed by atoms with van der Waals surface area (Å²) >= 11 is 0. The van der Waals surface area contributed by atoms with Crippen molar-refractivity contribution >= 4 is 0 Å². The lowest BCUT2D eigenvalue weighted by Crippen LogP contribution is -2.33. The summed E-state index contributed by atoms with van der Waals surface area (Å²) in [6, 6.07) is 18.6. The summed E-state index contributed by atoms with van der Waals surface area (Å²) in [6.45, 7) is 4.89. The highest BCUT2D eigenvalue weighted by molar-refractivity contribution is 5.33. The Balaban J connectivity index is 1.50. The molecule has 3 rings (SSSR count). The second-order valence-corrected chi connectivity index (χ2v) is 6.21. The monoisotopic (exact) mass is 310 g/mol. The molecule has 0 aromatic heterocycles. The summed E-state index contributed by atoms with van der Waals surface area (Å²) in [5, 5.41) is 7.02. The summed E-state index contributed by atoms with van der Waals surface area (Å²) in [5.41, 5.74) is 2.43. The molecule has 1 fully saturated rings. The fourth-order valence-corrected chi connectivity index (χ4v) is 3.02. The molecule has 2 aromatic carbocycles.